The zero-order valence-corrected chi connectivity index (χ0v) is 16.8. The summed E-state index contributed by atoms with van der Waals surface area (Å²) in [4.78, 5) is 0. The standard InChI is InChI=1S/C29H21N/c1-20-16-17-28-26(18-20)27-19-25(21-10-4-2-5-11-21)23-14-8-9-15-24(23)29(27)30(28)22-12-6-3-7-13-22/h2-19H,1H3. The molecule has 1 heteroatoms. The van der Waals surface area contributed by atoms with Gasteiger partial charge in [0, 0.05) is 21.8 Å². The third-order valence-electron chi connectivity index (χ3n) is 6.02. The van der Waals surface area contributed by atoms with Crippen molar-refractivity contribution >= 4 is 32.6 Å². The molecule has 0 radical (unpaired) electrons. The Morgan fingerprint density at radius 2 is 1.20 bits per heavy atom. The molecule has 5 aromatic carbocycles. The molecule has 0 saturated heterocycles. The number of fused-ring (bicyclic) bond motifs is 5. The van der Waals surface area contributed by atoms with Crippen LogP contribution in [0.2, 0.25) is 0 Å². The highest BCUT2D eigenvalue weighted by atomic mass is 15.0. The zero-order valence-electron chi connectivity index (χ0n) is 16.8. The van der Waals surface area contributed by atoms with Crippen molar-refractivity contribution in [1.29, 1.82) is 0 Å². The average molecular weight is 383 g/mol. The summed E-state index contributed by atoms with van der Waals surface area (Å²) >= 11 is 0. The lowest BCUT2D eigenvalue weighted by atomic mass is 9.95. The van der Waals surface area contributed by atoms with Gasteiger partial charge in [-0.2, -0.15) is 0 Å². The lowest BCUT2D eigenvalue weighted by Gasteiger charge is -2.12. The Kier molecular flexibility index (Phi) is 3.75. The fourth-order valence-corrected chi connectivity index (χ4v) is 4.69. The Morgan fingerprint density at radius 1 is 0.533 bits per heavy atom. The molecule has 0 aliphatic carbocycles. The van der Waals surface area contributed by atoms with Crippen LogP contribution in [-0.4, -0.2) is 4.57 Å². The van der Waals surface area contributed by atoms with Crippen LogP contribution in [0.4, 0.5) is 0 Å². The van der Waals surface area contributed by atoms with E-state index in [1.165, 1.54) is 55.0 Å². The molecule has 30 heavy (non-hydrogen) atoms. The highest BCUT2D eigenvalue weighted by molar-refractivity contribution is 6.22. The van der Waals surface area contributed by atoms with E-state index in [-0.39, 0.29) is 0 Å². The third-order valence-corrected chi connectivity index (χ3v) is 6.02. The van der Waals surface area contributed by atoms with Gasteiger partial charge in [-0.1, -0.05) is 84.4 Å². The monoisotopic (exact) mass is 383 g/mol. The van der Waals surface area contributed by atoms with Crippen molar-refractivity contribution in [3.63, 3.8) is 0 Å². The molecule has 0 unspecified atom stereocenters. The number of aryl methyl sites for hydroxylation is 1. The Balaban J connectivity index is 1.87. The van der Waals surface area contributed by atoms with E-state index in [0.29, 0.717) is 0 Å². The van der Waals surface area contributed by atoms with Crippen molar-refractivity contribution in [2.24, 2.45) is 0 Å². The number of hydrogen-bond donors (Lipinski definition) is 0. The van der Waals surface area contributed by atoms with Gasteiger partial charge in [0.1, 0.15) is 0 Å². The van der Waals surface area contributed by atoms with E-state index >= 15 is 0 Å². The molecule has 6 rings (SSSR count). The zero-order chi connectivity index (χ0) is 20.1. The summed E-state index contributed by atoms with van der Waals surface area (Å²) in [6.07, 6.45) is 0. The number of rotatable bonds is 2. The second-order valence-electron chi connectivity index (χ2n) is 7.92. The van der Waals surface area contributed by atoms with Gasteiger partial charge in [0.15, 0.2) is 0 Å². The lowest BCUT2D eigenvalue weighted by molar-refractivity contribution is 1.18. The Labute approximate surface area is 175 Å². The minimum Gasteiger partial charge on any atom is -0.309 e. The average Bonchev–Trinajstić information content (AvgIpc) is 3.13. The maximum atomic E-state index is 2.42. The van der Waals surface area contributed by atoms with E-state index in [4.69, 9.17) is 0 Å². The van der Waals surface area contributed by atoms with Crippen molar-refractivity contribution in [2.45, 2.75) is 6.92 Å². The molecule has 0 saturated carbocycles. The van der Waals surface area contributed by atoms with Crippen LogP contribution in [-0.2, 0) is 0 Å². The maximum absolute atomic E-state index is 2.42. The molecule has 1 nitrogen and oxygen atoms in total. The first kappa shape index (κ1) is 17.1. The van der Waals surface area contributed by atoms with Crippen LogP contribution < -0.4 is 0 Å². The van der Waals surface area contributed by atoms with Crippen molar-refractivity contribution in [3.05, 3.63) is 115 Å². The molecule has 0 fully saturated rings. The fraction of sp³-hybridized carbons (Fsp3) is 0.0345. The van der Waals surface area contributed by atoms with Crippen LogP contribution in [0.25, 0.3) is 49.4 Å². The number of nitrogens with zero attached hydrogens (tertiary/aromatic N) is 1. The summed E-state index contributed by atoms with van der Waals surface area (Å²) in [5.74, 6) is 0. The molecular weight excluding hydrogens is 362 g/mol. The summed E-state index contributed by atoms with van der Waals surface area (Å²) in [6, 6.07) is 39.4. The molecule has 6 aromatic rings. The number of para-hydroxylation sites is 1. The molecule has 0 amide bonds. The molecule has 0 bridgehead atoms. The van der Waals surface area contributed by atoms with E-state index in [2.05, 4.69) is 121 Å². The Bertz CT molecular complexity index is 1520. The number of benzene rings is 5. The predicted molar refractivity (Wildman–Crippen MR) is 128 cm³/mol. The van der Waals surface area contributed by atoms with Crippen LogP contribution in [0.5, 0.6) is 0 Å². The molecule has 1 heterocycles. The first-order valence-corrected chi connectivity index (χ1v) is 10.4. The molecule has 0 spiro atoms. The van der Waals surface area contributed by atoms with Gasteiger partial charge in [0.05, 0.1) is 11.0 Å². The van der Waals surface area contributed by atoms with Gasteiger partial charge in [-0.05, 0) is 53.8 Å². The molecular formula is C29H21N. The number of hydrogen-bond acceptors (Lipinski definition) is 0. The number of aromatic nitrogens is 1. The molecule has 0 N–H and O–H groups in total. The van der Waals surface area contributed by atoms with E-state index in [1.807, 2.05) is 0 Å². The Morgan fingerprint density at radius 3 is 1.97 bits per heavy atom. The quantitative estimate of drug-likeness (QED) is 0.286. The molecule has 0 aliphatic heterocycles. The van der Waals surface area contributed by atoms with Gasteiger partial charge in [0.25, 0.3) is 0 Å². The van der Waals surface area contributed by atoms with Crippen molar-refractivity contribution < 1.29 is 0 Å². The molecule has 0 aliphatic rings. The van der Waals surface area contributed by atoms with Crippen molar-refractivity contribution in [3.8, 4) is 16.8 Å². The van der Waals surface area contributed by atoms with Crippen LogP contribution in [0.1, 0.15) is 5.56 Å². The molecule has 1 aromatic heterocycles. The SMILES string of the molecule is Cc1ccc2c(c1)c1cc(-c3ccccc3)c3ccccc3c1n2-c1ccccc1. The normalized spacial score (nSPS) is 11.5. The van der Waals surface area contributed by atoms with Gasteiger partial charge in [-0.3, -0.25) is 0 Å². The minimum absolute atomic E-state index is 1.19. The van der Waals surface area contributed by atoms with Gasteiger partial charge >= 0.3 is 0 Å². The van der Waals surface area contributed by atoms with Crippen LogP contribution in [0, 0.1) is 6.92 Å². The van der Waals surface area contributed by atoms with Crippen molar-refractivity contribution in [1.82, 2.24) is 4.57 Å². The Hall–Kier alpha value is -3.84. The summed E-state index contributed by atoms with van der Waals surface area (Å²) in [5, 5.41) is 5.17. The molecule has 0 atom stereocenters. The predicted octanol–water partition coefficient (Wildman–Crippen LogP) is 7.91. The first-order chi connectivity index (χ1) is 14.8. The summed E-state index contributed by atoms with van der Waals surface area (Å²) in [5.41, 5.74) is 7.54. The lowest BCUT2D eigenvalue weighted by Crippen LogP contribution is -1.94. The van der Waals surface area contributed by atoms with Gasteiger partial charge in [-0.25, -0.2) is 0 Å². The van der Waals surface area contributed by atoms with Crippen LogP contribution in [0.15, 0.2) is 109 Å². The van der Waals surface area contributed by atoms with Crippen LogP contribution >= 0.6 is 0 Å². The van der Waals surface area contributed by atoms with Gasteiger partial charge < -0.3 is 4.57 Å². The highest BCUT2D eigenvalue weighted by Crippen LogP contribution is 2.41. The van der Waals surface area contributed by atoms with E-state index in [9.17, 15) is 0 Å². The first-order valence-electron chi connectivity index (χ1n) is 10.4. The maximum Gasteiger partial charge on any atom is 0.0619 e. The van der Waals surface area contributed by atoms with E-state index in [1.54, 1.807) is 0 Å². The topological polar surface area (TPSA) is 4.93 Å². The smallest absolute Gasteiger partial charge is 0.0619 e. The highest BCUT2D eigenvalue weighted by Gasteiger charge is 2.17. The second kappa shape index (κ2) is 6.60. The largest absolute Gasteiger partial charge is 0.309 e. The summed E-state index contributed by atoms with van der Waals surface area (Å²) < 4.78 is 2.42. The minimum atomic E-state index is 1.19. The summed E-state index contributed by atoms with van der Waals surface area (Å²) in [7, 11) is 0. The summed E-state index contributed by atoms with van der Waals surface area (Å²) in [6.45, 7) is 2.17. The second-order valence-corrected chi connectivity index (χ2v) is 7.92. The van der Waals surface area contributed by atoms with Gasteiger partial charge in [-0.15, -0.1) is 0 Å². The van der Waals surface area contributed by atoms with E-state index in [0.717, 1.165) is 0 Å². The van der Waals surface area contributed by atoms with E-state index < -0.39 is 0 Å². The van der Waals surface area contributed by atoms with Gasteiger partial charge in [0.2, 0.25) is 0 Å². The molecule has 142 valence electrons. The fourth-order valence-electron chi connectivity index (χ4n) is 4.69. The third kappa shape index (κ3) is 2.49. The van der Waals surface area contributed by atoms with Crippen LogP contribution in [0.3, 0.4) is 0 Å². The van der Waals surface area contributed by atoms with Crippen molar-refractivity contribution in [2.75, 3.05) is 0 Å².